The van der Waals surface area contributed by atoms with E-state index >= 15 is 0 Å². The molecule has 0 radical (unpaired) electrons. The summed E-state index contributed by atoms with van der Waals surface area (Å²) >= 11 is 1.63. The van der Waals surface area contributed by atoms with Gasteiger partial charge in [0.15, 0.2) is 0 Å². The lowest BCUT2D eigenvalue weighted by atomic mass is 9.77. The van der Waals surface area contributed by atoms with E-state index in [1.165, 1.54) is 0 Å². The Hall–Kier alpha value is -1.66. The molecular formula is C16H17NO4S. The summed E-state index contributed by atoms with van der Waals surface area (Å²) < 4.78 is 11.2. The third kappa shape index (κ3) is 1.87. The third-order valence-electron chi connectivity index (χ3n) is 4.66. The van der Waals surface area contributed by atoms with Crippen molar-refractivity contribution >= 4 is 23.2 Å². The number of hydrogen-bond acceptors (Lipinski definition) is 5. The number of fused-ring (bicyclic) bond motifs is 1. The summed E-state index contributed by atoms with van der Waals surface area (Å²) in [5.74, 6) is -1.28. The highest BCUT2D eigenvalue weighted by Gasteiger charge is 2.67. The molecule has 3 aliphatic heterocycles. The number of carbonyl (C=O) groups is 2. The van der Waals surface area contributed by atoms with E-state index in [0.717, 1.165) is 4.88 Å². The van der Waals surface area contributed by atoms with Gasteiger partial charge in [-0.1, -0.05) is 18.2 Å². The van der Waals surface area contributed by atoms with Crippen LogP contribution in [0.4, 0.5) is 0 Å². The average Bonchev–Trinajstić information content (AvgIpc) is 3.23. The van der Waals surface area contributed by atoms with Gasteiger partial charge in [-0.2, -0.15) is 0 Å². The zero-order valence-corrected chi connectivity index (χ0v) is 13.0. The fraction of sp³-hybridized carbons (Fsp3) is 0.500. The van der Waals surface area contributed by atoms with E-state index in [-0.39, 0.29) is 18.0 Å². The summed E-state index contributed by atoms with van der Waals surface area (Å²) in [5.41, 5.74) is -0.642. The quantitative estimate of drug-likeness (QED) is 0.625. The molecule has 4 rings (SSSR count). The number of carbonyl (C=O) groups excluding carboxylic acids is 2. The van der Waals surface area contributed by atoms with Crippen molar-refractivity contribution in [3.8, 4) is 0 Å². The van der Waals surface area contributed by atoms with Crippen LogP contribution in [-0.4, -0.2) is 41.6 Å². The second-order valence-electron chi connectivity index (χ2n) is 5.93. The predicted octanol–water partition coefficient (Wildman–Crippen LogP) is 1.59. The second kappa shape index (κ2) is 4.93. The standard InChI is InChI=1S/C16H17NO4S/c1-2-20-15(19)12-11-5-6-16(21-11)9-17(14(18)13(12)16)8-10-4-3-7-22-10/h3-7,11-13H,2,8-9H2,1H3/t11-,12+,13+,16+/m1/s1. The number of likely N-dealkylation sites (tertiary alicyclic amines) is 1. The van der Waals surface area contributed by atoms with Gasteiger partial charge in [0.25, 0.3) is 0 Å². The Morgan fingerprint density at radius 2 is 2.45 bits per heavy atom. The van der Waals surface area contributed by atoms with Crippen LogP contribution in [0.15, 0.2) is 29.7 Å². The lowest BCUT2D eigenvalue weighted by Crippen LogP contribution is -2.39. The van der Waals surface area contributed by atoms with E-state index in [4.69, 9.17) is 9.47 Å². The molecule has 6 heteroatoms. The van der Waals surface area contributed by atoms with Gasteiger partial charge in [-0.25, -0.2) is 0 Å². The Morgan fingerprint density at radius 1 is 1.59 bits per heavy atom. The Morgan fingerprint density at radius 3 is 3.18 bits per heavy atom. The maximum atomic E-state index is 12.8. The minimum absolute atomic E-state index is 0.00157. The van der Waals surface area contributed by atoms with Crippen LogP contribution in [0.2, 0.25) is 0 Å². The molecule has 4 heterocycles. The molecule has 4 atom stereocenters. The smallest absolute Gasteiger partial charge is 0.312 e. The monoisotopic (exact) mass is 319 g/mol. The Kier molecular flexibility index (Phi) is 3.13. The fourth-order valence-electron chi connectivity index (χ4n) is 3.81. The van der Waals surface area contributed by atoms with Crippen LogP contribution >= 0.6 is 11.3 Å². The molecule has 0 saturated carbocycles. The number of thiophene rings is 1. The molecule has 2 bridgehead atoms. The molecule has 0 N–H and O–H groups in total. The summed E-state index contributed by atoms with van der Waals surface area (Å²) in [4.78, 5) is 28.0. The number of esters is 1. The second-order valence-corrected chi connectivity index (χ2v) is 6.96. The molecule has 22 heavy (non-hydrogen) atoms. The molecule has 1 aromatic heterocycles. The normalized spacial score (nSPS) is 35.2. The van der Waals surface area contributed by atoms with Crippen molar-refractivity contribution in [2.24, 2.45) is 11.8 Å². The van der Waals surface area contributed by atoms with E-state index in [1.54, 1.807) is 23.2 Å². The van der Waals surface area contributed by atoms with Gasteiger partial charge >= 0.3 is 5.97 Å². The largest absolute Gasteiger partial charge is 0.466 e. The molecule has 1 aromatic rings. The lowest BCUT2D eigenvalue weighted by molar-refractivity contribution is -0.153. The van der Waals surface area contributed by atoms with Crippen molar-refractivity contribution in [2.45, 2.75) is 25.2 Å². The number of rotatable bonds is 4. The van der Waals surface area contributed by atoms with Crippen LogP contribution in [0, 0.1) is 11.8 Å². The molecule has 2 fully saturated rings. The highest BCUT2D eigenvalue weighted by atomic mass is 32.1. The zero-order valence-electron chi connectivity index (χ0n) is 12.2. The van der Waals surface area contributed by atoms with Gasteiger partial charge in [-0.3, -0.25) is 9.59 Å². The summed E-state index contributed by atoms with van der Waals surface area (Å²) in [6.45, 7) is 3.18. The van der Waals surface area contributed by atoms with E-state index < -0.39 is 17.4 Å². The number of nitrogens with zero attached hydrogens (tertiary/aromatic N) is 1. The van der Waals surface area contributed by atoms with Crippen molar-refractivity contribution in [1.29, 1.82) is 0 Å². The topological polar surface area (TPSA) is 55.8 Å². The Balaban J connectivity index is 1.61. The highest BCUT2D eigenvalue weighted by Crippen LogP contribution is 2.52. The summed E-state index contributed by atoms with van der Waals surface area (Å²) in [6, 6.07) is 3.99. The van der Waals surface area contributed by atoms with Crippen LogP contribution < -0.4 is 0 Å². The van der Waals surface area contributed by atoms with Crippen molar-refractivity contribution < 1.29 is 19.1 Å². The molecule has 0 unspecified atom stereocenters. The highest BCUT2D eigenvalue weighted by molar-refractivity contribution is 7.09. The van der Waals surface area contributed by atoms with E-state index in [1.807, 2.05) is 29.7 Å². The molecule has 1 amide bonds. The summed E-state index contributed by atoms with van der Waals surface area (Å²) in [5, 5.41) is 2.00. The maximum Gasteiger partial charge on any atom is 0.312 e. The van der Waals surface area contributed by atoms with E-state index in [0.29, 0.717) is 19.7 Å². The molecular weight excluding hydrogens is 302 g/mol. The zero-order chi connectivity index (χ0) is 15.3. The van der Waals surface area contributed by atoms with Crippen LogP contribution in [-0.2, 0) is 25.6 Å². The molecule has 116 valence electrons. The molecule has 0 aromatic carbocycles. The first-order valence-electron chi connectivity index (χ1n) is 7.49. The van der Waals surface area contributed by atoms with Crippen LogP contribution in [0.3, 0.4) is 0 Å². The molecule has 5 nitrogen and oxygen atoms in total. The Labute approximate surface area is 132 Å². The maximum absolute atomic E-state index is 12.8. The van der Waals surface area contributed by atoms with Gasteiger partial charge in [-0.15, -0.1) is 11.3 Å². The number of hydrogen-bond donors (Lipinski definition) is 0. The van der Waals surface area contributed by atoms with Crippen LogP contribution in [0.25, 0.3) is 0 Å². The molecule has 2 saturated heterocycles. The van der Waals surface area contributed by atoms with Crippen LogP contribution in [0.5, 0.6) is 0 Å². The van der Waals surface area contributed by atoms with E-state index in [2.05, 4.69) is 0 Å². The number of ether oxygens (including phenoxy) is 2. The molecule has 1 spiro atoms. The van der Waals surface area contributed by atoms with Crippen molar-refractivity contribution in [2.75, 3.05) is 13.2 Å². The summed E-state index contributed by atoms with van der Waals surface area (Å²) in [6.07, 6.45) is 3.54. The number of amides is 1. The fourth-order valence-corrected chi connectivity index (χ4v) is 4.53. The predicted molar refractivity (Wildman–Crippen MR) is 80.1 cm³/mol. The van der Waals surface area contributed by atoms with Gasteiger partial charge in [0.2, 0.25) is 5.91 Å². The van der Waals surface area contributed by atoms with Gasteiger partial charge < -0.3 is 14.4 Å². The van der Waals surface area contributed by atoms with Crippen molar-refractivity contribution in [3.05, 3.63) is 34.5 Å². The summed E-state index contributed by atoms with van der Waals surface area (Å²) in [7, 11) is 0. The van der Waals surface area contributed by atoms with Crippen molar-refractivity contribution in [3.63, 3.8) is 0 Å². The first-order chi connectivity index (χ1) is 10.6. The molecule has 0 aliphatic carbocycles. The van der Waals surface area contributed by atoms with Gasteiger partial charge in [-0.05, 0) is 18.4 Å². The first-order valence-corrected chi connectivity index (χ1v) is 8.37. The van der Waals surface area contributed by atoms with E-state index in [9.17, 15) is 9.59 Å². The van der Waals surface area contributed by atoms with Crippen molar-refractivity contribution in [1.82, 2.24) is 4.90 Å². The molecule has 3 aliphatic rings. The van der Waals surface area contributed by atoms with Gasteiger partial charge in [0.1, 0.15) is 11.5 Å². The SMILES string of the molecule is CCOC(=O)[C@@H]1[C@H]2C(=O)N(Cc3cccs3)C[C@@]23C=C[C@H]1O3. The van der Waals surface area contributed by atoms with Gasteiger partial charge in [0, 0.05) is 4.88 Å². The minimum Gasteiger partial charge on any atom is -0.466 e. The average molecular weight is 319 g/mol. The lowest BCUT2D eigenvalue weighted by Gasteiger charge is -2.22. The first kappa shape index (κ1) is 14.0. The van der Waals surface area contributed by atoms with Gasteiger partial charge in [0.05, 0.1) is 31.7 Å². The van der Waals surface area contributed by atoms with Crippen LogP contribution in [0.1, 0.15) is 11.8 Å². The third-order valence-corrected chi connectivity index (χ3v) is 5.53. The Bertz CT molecular complexity index is 641. The minimum atomic E-state index is -0.642.